The van der Waals surface area contributed by atoms with E-state index in [1.807, 2.05) is 30.3 Å². The average Bonchev–Trinajstić information content (AvgIpc) is 2.73. The summed E-state index contributed by atoms with van der Waals surface area (Å²) >= 11 is 0. The molecule has 1 heterocycles. The molecule has 0 unspecified atom stereocenters. The summed E-state index contributed by atoms with van der Waals surface area (Å²) in [5.74, 6) is 1.46. The third kappa shape index (κ3) is 4.14. The molecule has 0 aliphatic carbocycles. The van der Waals surface area contributed by atoms with Gasteiger partial charge in [0.05, 0.1) is 25.5 Å². The molecule has 2 aromatic carbocycles. The molecule has 0 fully saturated rings. The zero-order valence-corrected chi connectivity index (χ0v) is 15.3. The normalized spacial score (nSPS) is 10.2. The van der Waals surface area contributed by atoms with E-state index in [2.05, 4.69) is 15.3 Å². The molecule has 0 saturated heterocycles. The fraction of sp³-hybridized carbons (Fsp3) is 0.150. The Morgan fingerprint density at radius 2 is 1.70 bits per heavy atom. The van der Waals surface area contributed by atoms with E-state index in [1.54, 1.807) is 44.4 Å². The van der Waals surface area contributed by atoms with E-state index in [0.717, 1.165) is 5.69 Å². The molecule has 0 spiro atoms. The number of rotatable bonds is 6. The molecule has 0 saturated carbocycles. The lowest BCUT2D eigenvalue weighted by atomic mass is 10.2. The summed E-state index contributed by atoms with van der Waals surface area (Å²) < 4.78 is 10.5. The third-order valence-electron chi connectivity index (χ3n) is 4.00. The van der Waals surface area contributed by atoms with E-state index in [0.29, 0.717) is 28.7 Å². The van der Waals surface area contributed by atoms with Crippen molar-refractivity contribution in [2.75, 3.05) is 31.5 Å². The van der Waals surface area contributed by atoms with Gasteiger partial charge in [-0.3, -0.25) is 4.79 Å². The van der Waals surface area contributed by atoms with Gasteiger partial charge in [-0.15, -0.1) is 0 Å². The molecule has 7 nitrogen and oxygen atoms in total. The van der Waals surface area contributed by atoms with E-state index >= 15 is 0 Å². The molecular weight excluding hydrogens is 344 g/mol. The number of hydrogen-bond donors (Lipinski definition) is 1. The maximum Gasteiger partial charge on any atom is 0.261 e. The Hall–Kier alpha value is -3.61. The van der Waals surface area contributed by atoms with Crippen molar-refractivity contribution in [3.63, 3.8) is 0 Å². The lowest BCUT2D eigenvalue weighted by molar-refractivity contribution is 0.0992. The second-order valence-electron chi connectivity index (χ2n) is 5.69. The zero-order chi connectivity index (χ0) is 19.2. The van der Waals surface area contributed by atoms with Crippen molar-refractivity contribution in [1.29, 1.82) is 0 Å². The number of benzene rings is 2. The molecule has 1 amide bonds. The van der Waals surface area contributed by atoms with Crippen LogP contribution in [-0.4, -0.2) is 37.1 Å². The predicted octanol–water partition coefficient (Wildman–Crippen LogP) is 3.51. The van der Waals surface area contributed by atoms with Crippen LogP contribution in [0.2, 0.25) is 0 Å². The van der Waals surface area contributed by atoms with Crippen LogP contribution in [0.15, 0.2) is 60.9 Å². The molecule has 7 heteroatoms. The minimum Gasteiger partial charge on any atom is -0.497 e. The first-order chi connectivity index (χ1) is 13.1. The summed E-state index contributed by atoms with van der Waals surface area (Å²) in [4.78, 5) is 22.6. The van der Waals surface area contributed by atoms with E-state index in [1.165, 1.54) is 12.4 Å². The van der Waals surface area contributed by atoms with Crippen molar-refractivity contribution in [2.24, 2.45) is 0 Å². The second-order valence-corrected chi connectivity index (χ2v) is 5.69. The Morgan fingerprint density at radius 3 is 2.33 bits per heavy atom. The van der Waals surface area contributed by atoms with Gasteiger partial charge in [0.2, 0.25) is 5.95 Å². The first kappa shape index (κ1) is 18.2. The van der Waals surface area contributed by atoms with E-state index in [4.69, 9.17) is 9.47 Å². The predicted molar refractivity (Wildman–Crippen MR) is 104 cm³/mol. The molecule has 0 atom stereocenters. The van der Waals surface area contributed by atoms with Crippen LogP contribution in [0.5, 0.6) is 11.5 Å². The number of carbonyl (C=O) groups is 1. The number of nitrogens with one attached hydrogen (secondary N) is 1. The minimum atomic E-state index is -0.188. The molecule has 0 bridgehead atoms. The maximum absolute atomic E-state index is 12.6. The molecule has 0 radical (unpaired) electrons. The van der Waals surface area contributed by atoms with Crippen molar-refractivity contribution in [3.8, 4) is 11.5 Å². The molecule has 1 aromatic heterocycles. The Balaban J connectivity index is 1.77. The molecule has 0 aliphatic heterocycles. The van der Waals surface area contributed by atoms with Gasteiger partial charge in [-0.1, -0.05) is 18.2 Å². The fourth-order valence-electron chi connectivity index (χ4n) is 2.50. The SMILES string of the molecule is COc1ccc(OC)c(Nc2ncc(C(=O)N(C)c3ccccc3)cn2)c1. The fourth-order valence-corrected chi connectivity index (χ4v) is 2.50. The molecule has 0 aliphatic rings. The average molecular weight is 364 g/mol. The Morgan fingerprint density at radius 1 is 1.00 bits per heavy atom. The molecule has 27 heavy (non-hydrogen) atoms. The second kappa shape index (κ2) is 8.18. The molecular formula is C20H20N4O3. The Labute approximate surface area is 157 Å². The molecule has 3 rings (SSSR count). The van der Waals surface area contributed by atoms with Crippen molar-refractivity contribution in [2.45, 2.75) is 0 Å². The highest BCUT2D eigenvalue weighted by molar-refractivity contribution is 6.05. The lowest BCUT2D eigenvalue weighted by Gasteiger charge is -2.17. The van der Waals surface area contributed by atoms with Gasteiger partial charge in [0.25, 0.3) is 5.91 Å². The number of aromatic nitrogens is 2. The highest BCUT2D eigenvalue weighted by Crippen LogP contribution is 2.30. The van der Waals surface area contributed by atoms with Gasteiger partial charge in [0.15, 0.2) is 0 Å². The topological polar surface area (TPSA) is 76.6 Å². The highest BCUT2D eigenvalue weighted by Gasteiger charge is 2.15. The molecule has 138 valence electrons. The van der Waals surface area contributed by atoms with E-state index in [-0.39, 0.29) is 5.91 Å². The van der Waals surface area contributed by atoms with Gasteiger partial charge in [0.1, 0.15) is 11.5 Å². The summed E-state index contributed by atoms with van der Waals surface area (Å²) in [5, 5.41) is 3.07. The van der Waals surface area contributed by atoms with Gasteiger partial charge in [-0.05, 0) is 24.3 Å². The number of anilines is 3. The summed E-state index contributed by atoms with van der Waals surface area (Å²) in [6, 6.07) is 14.8. The molecule has 1 N–H and O–H groups in total. The van der Waals surface area contributed by atoms with E-state index < -0.39 is 0 Å². The van der Waals surface area contributed by atoms with Gasteiger partial charge in [-0.25, -0.2) is 9.97 Å². The molecule has 3 aromatic rings. The first-order valence-electron chi connectivity index (χ1n) is 8.26. The van der Waals surface area contributed by atoms with Gasteiger partial charge in [-0.2, -0.15) is 0 Å². The summed E-state index contributed by atoms with van der Waals surface area (Å²) in [6.45, 7) is 0. The van der Waals surface area contributed by atoms with Crippen molar-refractivity contribution >= 4 is 23.2 Å². The first-order valence-corrected chi connectivity index (χ1v) is 8.26. The van der Waals surface area contributed by atoms with Crippen LogP contribution >= 0.6 is 0 Å². The van der Waals surface area contributed by atoms with Crippen LogP contribution < -0.4 is 19.7 Å². The standard InChI is InChI=1S/C20H20N4O3/c1-24(15-7-5-4-6-8-15)19(25)14-12-21-20(22-13-14)23-17-11-16(26-2)9-10-18(17)27-3/h4-13H,1-3H3,(H,21,22,23). The Kier molecular flexibility index (Phi) is 5.51. The quantitative estimate of drug-likeness (QED) is 0.721. The highest BCUT2D eigenvalue weighted by atomic mass is 16.5. The lowest BCUT2D eigenvalue weighted by Crippen LogP contribution is -2.26. The number of hydrogen-bond acceptors (Lipinski definition) is 6. The number of ether oxygens (including phenoxy) is 2. The number of para-hydroxylation sites is 1. The number of methoxy groups -OCH3 is 2. The van der Waals surface area contributed by atoms with Gasteiger partial charge < -0.3 is 19.7 Å². The van der Waals surface area contributed by atoms with Crippen LogP contribution in [0.25, 0.3) is 0 Å². The van der Waals surface area contributed by atoms with Crippen LogP contribution in [0.3, 0.4) is 0 Å². The number of carbonyl (C=O) groups excluding carboxylic acids is 1. The summed E-state index contributed by atoms with van der Waals surface area (Å²) in [7, 11) is 4.88. The largest absolute Gasteiger partial charge is 0.497 e. The monoisotopic (exact) mass is 364 g/mol. The zero-order valence-electron chi connectivity index (χ0n) is 15.3. The van der Waals surface area contributed by atoms with Crippen LogP contribution in [0, 0.1) is 0 Å². The van der Waals surface area contributed by atoms with Crippen molar-refractivity contribution < 1.29 is 14.3 Å². The van der Waals surface area contributed by atoms with E-state index in [9.17, 15) is 4.79 Å². The smallest absolute Gasteiger partial charge is 0.261 e. The van der Waals surface area contributed by atoms with Gasteiger partial charge >= 0.3 is 0 Å². The van der Waals surface area contributed by atoms with Gasteiger partial charge in [0, 0.05) is 31.2 Å². The Bertz CT molecular complexity index is 914. The minimum absolute atomic E-state index is 0.188. The number of amides is 1. The van der Waals surface area contributed by atoms with Crippen LogP contribution in [0.1, 0.15) is 10.4 Å². The van der Waals surface area contributed by atoms with Crippen LogP contribution in [-0.2, 0) is 0 Å². The van der Waals surface area contributed by atoms with Crippen LogP contribution in [0.4, 0.5) is 17.3 Å². The third-order valence-corrected chi connectivity index (χ3v) is 4.00. The van der Waals surface area contributed by atoms with Crippen molar-refractivity contribution in [1.82, 2.24) is 9.97 Å². The summed E-state index contributed by atoms with van der Waals surface area (Å²) in [6.07, 6.45) is 2.98. The van der Waals surface area contributed by atoms with Crippen molar-refractivity contribution in [3.05, 3.63) is 66.5 Å². The number of nitrogens with zero attached hydrogens (tertiary/aromatic N) is 3. The summed E-state index contributed by atoms with van der Waals surface area (Å²) in [5.41, 5.74) is 1.85. The maximum atomic E-state index is 12.6.